The number of anilines is 1. The zero-order chi connectivity index (χ0) is 19.8. The lowest BCUT2D eigenvalue weighted by Crippen LogP contribution is -2.30. The maximum Gasteiger partial charge on any atom is 0.255 e. The highest BCUT2D eigenvalue weighted by Crippen LogP contribution is 2.23. The Hall–Kier alpha value is -2.37. The number of halogens is 1. The molecule has 0 bridgehead atoms. The van der Waals surface area contributed by atoms with E-state index in [0.29, 0.717) is 42.2 Å². The molecule has 0 aliphatic heterocycles. The van der Waals surface area contributed by atoms with Crippen LogP contribution in [0.15, 0.2) is 48.5 Å². The van der Waals surface area contributed by atoms with Crippen molar-refractivity contribution in [2.24, 2.45) is 5.73 Å². The van der Waals surface area contributed by atoms with Gasteiger partial charge in [-0.15, -0.1) is 0 Å². The molecular formula is C21H26ClN3O2. The molecule has 27 heavy (non-hydrogen) atoms. The van der Waals surface area contributed by atoms with Crippen molar-refractivity contribution in [3.63, 3.8) is 0 Å². The van der Waals surface area contributed by atoms with Crippen molar-refractivity contribution in [3.8, 4) is 0 Å². The summed E-state index contributed by atoms with van der Waals surface area (Å²) in [5, 5.41) is 3.16. The number of nitrogens with zero attached hydrogens (tertiary/aromatic N) is 1. The van der Waals surface area contributed by atoms with Crippen LogP contribution in [0.4, 0.5) is 5.69 Å². The molecule has 5 nitrogen and oxygen atoms in total. The first-order chi connectivity index (χ1) is 12.9. The monoisotopic (exact) mass is 387 g/mol. The van der Waals surface area contributed by atoms with Gasteiger partial charge in [-0.1, -0.05) is 41.9 Å². The van der Waals surface area contributed by atoms with Gasteiger partial charge in [-0.25, -0.2) is 0 Å². The van der Waals surface area contributed by atoms with Gasteiger partial charge in [0.05, 0.1) is 10.6 Å². The predicted molar refractivity (Wildman–Crippen MR) is 110 cm³/mol. The molecule has 0 aliphatic carbocycles. The number of nitrogens with one attached hydrogen (secondary N) is 1. The second kappa shape index (κ2) is 10.1. The molecule has 0 saturated carbocycles. The maximum atomic E-state index is 13.0. The minimum absolute atomic E-state index is 0.0331. The smallest absolute Gasteiger partial charge is 0.255 e. The van der Waals surface area contributed by atoms with Gasteiger partial charge in [0.2, 0.25) is 5.91 Å². The Bertz CT molecular complexity index is 778. The molecule has 3 N–H and O–H groups in total. The molecule has 144 valence electrons. The van der Waals surface area contributed by atoms with E-state index in [0.717, 1.165) is 5.56 Å². The van der Waals surface area contributed by atoms with Gasteiger partial charge in [0.1, 0.15) is 0 Å². The molecule has 0 fully saturated rings. The van der Waals surface area contributed by atoms with E-state index in [4.69, 9.17) is 17.3 Å². The third-order valence-corrected chi connectivity index (χ3v) is 4.52. The minimum Gasteiger partial charge on any atom is -0.335 e. The van der Waals surface area contributed by atoms with Gasteiger partial charge in [0.15, 0.2) is 0 Å². The quantitative estimate of drug-likeness (QED) is 0.716. The third-order valence-electron chi connectivity index (χ3n) is 4.19. The van der Waals surface area contributed by atoms with Crippen LogP contribution >= 0.6 is 11.6 Å². The Labute approximate surface area is 165 Å². The molecule has 0 saturated heterocycles. The average Bonchev–Trinajstić information content (AvgIpc) is 2.66. The Kier molecular flexibility index (Phi) is 7.82. The number of hydrogen-bond donors (Lipinski definition) is 2. The lowest BCUT2D eigenvalue weighted by molar-refractivity contribution is -0.116. The summed E-state index contributed by atoms with van der Waals surface area (Å²) in [6.45, 7) is 4.83. The summed E-state index contributed by atoms with van der Waals surface area (Å²) in [6.07, 6.45) is 0.935. The van der Waals surface area contributed by atoms with E-state index in [-0.39, 0.29) is 17.9 Å². The SMILES string of the molecule is CCN(Cc1ccccc1)C(=O)c1cc(NC(=O)CCC(C)N)ccc1Cl. The van der Waals surface area contributed by atoms with Gasteiger partial charge in [-0.3, -0.25) is 9.59 Å². The second-order valence-electron chi connectivity index (χ2n) is 6.56. The summed E-state index contributed by atoms with van der Waals surface area (Å²) in [5.41, 5.74) is 7.65. The highest BCUT2D eigenvalue weighted by Gasteiger charge is 2.18. The summed E-state index contributed by atoms with van der Waals surface area (Å²) in [7, 11) is 0. The first kappa shape index (κ1) is 20.9. The Morgan fingerprint density at radius 1 is 1.19 bits per heavy atom. The van der Waals surface area contributed by atoms with Crippen LogP contribution in [-0.4, -0.2) is 29.3 Å². The molecule has 0 radical (unpaired) electrons. The number of rotatable bonds is 8. The normalized spacial score (nSPS) is 11.7. The summed E-state index contributed by atoms with van der Waals surface area (Å²) in [5.74, 6) is -0.303. The zero-order valence-electron chi connectivity index (χ0n) is 15.7. The third kappa shape index (κ3) is 6.38. The molecule has 0 aromatic heterocycles. The topological polar surface area (TPSA) is 75.4 Å². The molecule has 0 heterocycles. The number of carbonyl (C=O) groups excluding carboxylic acids is 2. The Morgan fingerprint density at radius 2 is 1.89 bits per heavy atom. The first-order valence-corrected chi connectivity index (χ1v) is 9.46. The molecule has 6 heteroatoms. The predicted octanol–water partition coefficient (Wildman–Crippen LogP) is 4.07. The van der Waals surface area contributed by atoms with Gasteiger partial charge in [0.25, 0.3) is 5.91 Å². The van der Waals surface area contributed by atoms with E-state index in [1.54, 1.807) is 23.1 Å². The van der Waals surface area contributed by atoms with Gasteiger partial charge in [-0.05, 0) is 44.0 Å². The standard InChI is InChI=1S/C21H26ClN3O2/c1-3-25(14-16-7-5-4-6-8-16)21(27)18-13-17(10-11-19(18)22)24-20(26)12-9-15(2)23/h4-8,10-11,13,15H,3,9,12,14,23H2,1-2H3,(H,24,26). The van der Waals surface area contributed by atoms with Crippen LogP contribution in [0.25, 0.3) is 0 Å². The molecule has 1 atom stereocenters. The minimum atomic E-state index is -0.168. The molecule has 0 aliphatic rings. The van der Waals surface area contributed by atoms with Crippen molar-refractivity contribution in [2.45, 2.75) is 39.3 Å². The molecule has 0 spiro atoms. The number of amides is 2. The van der Waals surface area contributed by atoms with Gasteiger partial charge in [-0.2, -0.15) is 0 Å². The largest absolute Gasteiger partial charge is 0.335 e. The zero-order valence-corrected chi connectivity index (χ0v) is 16.5. The molecule has 2 amide bonds. The second-order valence-corrected chi connectivity index (χ2v) is 6.97. The van der Waals surface area contributed by atoms with Crippen LogP contribution in [0.1, 0.15) is 42.6 Å². The Morgan fingerprint density at radius 3 is 2.52 bits per heavy atom. The number of benzene rings is 2. The Balaban J connectivity index is 2.13. The van der Waals surface area contributed by atoms with E-state index in [2.05, 4.69) is 5.32 Å². The number of hydrogen-bond acceptors (Lipinski definition) is 3. The lowest BCUT2D eigenvalue weighted by atomic mass is 10.1. The highest BCUT2D eigenvalue weighted by molar-refractivity contribution is 6.34. The fourth-order valence-electron chi connectivity index (χ4n) is 2.65. The van der Waals surface area contributed by atoms with E-state index in [1.807, 2.05) is 44.2 Å². The molecular weight excluding hydrogens is 362 g/mol. The average molecular weight is 388 g/mol. The van der Waals surface area contributed by atoms with Crippen molar-refractivity contribution in [1.82, 2.24) is 4.90 Å². The summed E-state index contributed by atoms with van der Waals surface area (Å²) in [6, 6.07) is 14.7. The molecule has 2 aromatic carbocycles. The molecule has 2 aromatic rings. The van der Waals surface area contributed by atoms with Crippen LogP contribution in [-0.2, 0) is 11.3 Å². The van der Waals surface area contributed by atoms with Crippen LogP contribution in [0.2, 0.25) is 5.02 Å². The van der Waals surface area contributed by atoms with Crippen LogP contribution in [0.5, 0.6) is 0 Å². The summed E-state index contributed by atoms with van der Waals surface area (Å²) >= 11 is 6.26. The molecule has 1 unspecified atom stereocenters. The number of carbonyl (C=O) groups is 2. The molecule has 2 rings (SSSR count). The van der Waals surface area contributed by atoms with E-state index in [9.17, 15) is 9.59 Å². The van der Waals surface area contributed by atoms with Crippen molar-refractivity contribution in [1.29, 1.82) is 0 Å². The van der Waals surface area contributed by atoms with Crippen molar-refractivity contribution < 1.29 is 9.59 Å². The fourth-order valence-corrected chi connectivity index (χ4v) is 2.85. The van der Waals surface area contributed by atoms with Crippen LogP contribution < -0.4 is 11.1 Å². The van der Waals surface area contributed by atoms with Crippen LogP contribution in [0, 0.1) is 0 Å². The lowest BCUT2D eigenvalue weighted by Gasteiger charge is -2.22. The van der Waals surface area contributed by atoms with Crippen molar-refractivity contribution in [2.75, 3.05) is 11.9 Å². The first-order valence-electron chi connectivity index (χ1n) is 9.09. The fraction of sp³-hybridized carbons (Fsp3) is 0.333. The van der Waals surface area contributed by atoms with E-state index < -0.39 is 0 Å². The maximum absolute atomic E-state index is 13.0. The van der Waals surface area contributed by atoms with Gasteiger partial charge < -0.3 is 16.0 Å². The van der Waals surface area contributed by atoms with E-state index in [1.165, 1.54) is 0 Å². The van der Waals surface area contributed by atoms with Crippen molar-refractivity contribution in [3.05, 3.63) is 64.7 Å². The summed E-state index contributed by atoms with van der Waals surface area (Å²) < 4.78 is 0. The van der Waals surface area contributed by atoms with E-state index >= 15 is 0 Å². The van der Waals surface area contributed by atoms with Crippen molar-refractivity contribution >= 4 is 29.1 Å². The number of nitrogens with two attached hydrogens (primary N) is 1. The summed E-state index contributed by atoms with van der Waals surface area (Å²) in [4.78, 5) is 26.7. The van der Waals surface area contributed by atoms with Gasteiger partial charge in [0, 0.05) is 31.2 Å². The highest BCUT2D eigenvalue weighted by atomic mass is 35.5. The van der Waals surface area contributed by atoms with Crippen LogP contribution in [0.3, 0.4) is 0 Å². The van der Waals surface area contributed by atoms with Gasteiger partial charge >= 0.3 is 0 Å².